The summed E-state index contributed by atoms with van der Waals surface area (Å²) in [5, 5.41) is 0. The molecule has 17 heavy (non-hydrogen) atoms. The molecule has 0 spiro atoms. The van der Waals surface area contributed by atoms with E-state index in [-0.39, 0.29) is 23.6 Å². The molecule has 0 saturated heterocycles. The second-order valence-electron chi connectivity index (χ2n) is 4.59. The quantitative estimate of drug-likeness (QED) is 0.599. The summed E-state index contributed by atoms with van der Waals surface area (Å²) in [6.45, 7) is 5.88. The standard InChI is InChI=1S/C13H18O3S/c1-5-13(2,3)12(15)10-7-6-9(17-10)8-11(14)16-4/h6-7H,5,8H2,1-4H3. The summed E-state index contributed by atoms with van der Waals surface area (Å²) in [6, 6.07) is 3.61. The average molecular weight is 254 g/mol. The molecule has 1 aromatic rings. The highest BCUT2D eigenvalue weighted by Crippen LogP contribution is 2.29. The van der Waals surface area contributed by atoms with E-state index in [9.17, 15) is 9.59 Å². The maximum Gasteiger partial charge on any atom is 0.310 e. The Morgan fingerprint density at radius 1 is 1.35 bits per heavy atom. The molecule has 94 valence electrons. The maximum absolute atomic E-state index is 12.2. The Morgan fingerprint density at radius 2 is 2.00 bits per heavy atom. The number of hydrogen-bond donors (Lipinski definition) is 0. The molecule has 1 heterocycles. The summed E-state index contributed by atoms with van der Waals surface area (Å²) >= 11 is 1.38. The summed E-state index contributed by atoms with van der Waals surface area (Å²) in [5.74, 6) is -0.137. The van der Waals surface area contributed by atoms with Crippen molar-refractivity contribution >= 4 is 23.1 Å². The van der Waals surface area contributed by atoms with Crippen LogP contribution in [-0.4, -0.2) is 18.9 Å². The number of ether oxygens (including phenoxy) is 1. The number of rotatable bonds is 5. The van der Waals surface area contributed by atoms with Crippen molar-refractivity contribution in [3.63, 3.8) is 0 Å². The van der Waals surface area contributed by atoms with E-state index < -0.39 is 0 Å². The van der Waals surface area contributed by atoms with Crippen LogP contribution in [-0.2, 0) is 16.0 Å². The van der Waals surface area contributed by atoms with Crippen molar-refractivity contribution in [2.24, 2.45) is 5.41 Å². The van der Waals surface area contributed by atoms with Gasteiger partial charge < -0.3 is 4.74 Å². The molecule has 0 unspecified atom stereocenters. The summed E-state index contributed by atoms with van der Waals surface area (Å²) in [7, 11) is 1.36. The van der Waals surface area contributed by atoms with Crippen molar-refractivity contribution in [3.05, 3.63) is 21.9 Å². The lowest BCUT2D eigenvalue weighted by Gasteiger charge is -2.19. The van der Waals surface area contributed by atoms with E-state index in [4.69, 9.17) is 0 Å². The second kappa shape index (κ2) is 5.45. The third-order valence-corrected chi connectivity index (χ3v) is 4.01. The van der Waals surface area contributed by atoms with Gasteiger partial charge in [-0.1, -0.05) is 20.8 Å². The van der Waals surface area contributed by atoms with Crippen LogP contribution in [0.2, 0.25) is 0 Å². The predicted molar refractivity (Wildman–Crippen MR) is 68.4 cm³/mol. The fourth-order valence-corrected chi connectivity index (χ4v) is 2.42. The van der Waals surface area contributed by atoms with E-state index in [0.717, 1.165) is 16.2 Å². The molecule has 3 nitrogen and oxygen atoms in total. The zero-order chi connectivity index (χ0) is 13.1. The number of carbonyl (C=O) groups is 2. The van der Waals surface area contributed by atoms with Gasteiger partial charge in [0.2, 0.25) is 0 Å². The monoisotopic (exact) mass is 254 g/mol. The Hall–Kier alpha value is -1.16. The van der Waals surface area contributed by atoms with Gasteiger partial charge in [0.25, 0.3) is 0 Å². The van der Waals surface area contributed by atoms with Gasteiger partial charge in [-0.25, -0.2) is 0 Å². The molecular weight excluding hydrogens is 236 g/mol. The lowest BCUT2D eigenvalue weighted by atomic mass is 9.85. The normalized spacial score (nSPS) is 11.3. The predicted octanol–water partition coefficient (Wildman–Crippen LogP) is 3.08. The first kappa shape index (κ1) is 13.9. The van der Waals surface area contributed by atoms with Gasteiger partial charge in [0, 0.05) is 10.3 Å². The number of ketones is 1. The van der Waals surface area contributed by atoms with Crippen LogP contribution in [0.25, 0.3) is 0 Å². The first-order valence-corrected chi connectivity index (χ1v) is 6.42. The lowest BCUT2D eigenvalue weighted by molar-refractivity contribution is -0.139. The fourth-order valence-electron chi connectivity index (χ4n) is 1.30. The molecule has 0 fully saturated rings. The molecule has 0 amide bonds. The highest BCUT2D eigenvalue weighted by atomic mass is 32.1. The molecule has 0 N–H and O–H groups in total. The van der Waals surface area contributed by atoms with E-state index in [2.05, 4.69) is 4.74 Å². The number of esters is 1. The third kappa shape index (κ3) is 3.40. The Bertz CT molecular complexity index is 418. The molecule has 1 rings (SSSR count). The number of hydrogen-bond acceptors (Lipinski definition) is 4. The second-order valence-corrected chi connectivity index (χ2v) is 5.75. The molecular formula is C13H18O3S. The smallest absolute Gasteiger partial charge is 0.310 e. The van der Waals surface area contributed by atoms with E-state index in [1.54, 1.807) is 6.07 Å². The van der Waals surface area contributed by atoms with Crippen molar-refractivity contribution < 1.29 is 14.3 Å². The molecule has 0 bridgehead atoms. The van der Waals surface area contributed by atoms with Crippen LogP contribution in [0.4, 0.5) is 0 Å². The minimum absolute atomic E-state index is 0.140. The number of thiophene rings is 1. The van der Waals surface area contributed by atoms with Crippen molar-refractivity contribution in [1.29, 1.82) is 0 Å². The highest BCUT2D eigenvalue weighted by molar-refractivity contribution is 7.14. The van der Waals surface area contributed by atoms with Crippen LogP contribution in [0, 0.1) is 5.41 Å². The minimum Gasteiger partial charge on any atom is -0.469 e. The van der Waals surface area contributed by atoms with Gasteiger partial charge in [0.1, 0.15) is 0 Å². The SMILES string of the molecule is CCC(C)(C)C(=O)c1ccc(CC(=O)OC)s1. The van der Waals surface area contributed by atoms with Crippen molar-refractivity contribution in [2.75, 3.05) is 7.11 Å². The van der Waals surface area contributed by atoms with Gasteiger partial charge in [-0.05, 0) is 18.6 Å². The fraction of sp³-hybridized carbons (Fsp3) is 0.538. The molecule has 0 atom stereocenters. The Morgan fingerprint density at radius 3 is 2.53 bits per heavy atom. The van der Waals surface area contributed by atoms with Gasteiger partial charge in [-0.3, -0.25) is 9.59 Å². The molecule has 0 radical (unpaired) electrons. The number of methoxy groups -OCH3 is 1. The van der Waals surface area contributed by atoms with E-state index >= 15 is 0 Å². The van der Waals surface area contributed by atoms with Gasteiger partial charge in [-0.15, -0.1) is 11.3 Å². The zero-order valence-corrected chi connectivity index (χ0v) is 11.5. The van der Waals surface area contributed by atoms with Crippen molar-refractivity contribution in [2.45, 2.75) is 33.6 Å². The minimum atomic E-state index is -0.340. The van der Waals surface area contributed by atoms with E-state index in [1.807, 2.05) is 26.8 Å². The van der Waals surface area contributed by atoms with Gasteiger partial charge in [0.05, 0.1) is 18.4 Å². The lowest BCUT2D eigenvalue weighted by Crippen LogP contribution is -2.22. The van der Waals surface area contributed by atoms with Crippen LogP contribution in [0.3, 0.4) is 0 Å². The first-order chi connectivity index (χ1) is 7.90. The summed E-state index contributed by atoms with van der Waals surface area (Å²) in [4.78, 5) is 24.9. The Balaban J connectivity index is 2.81. The maximum atomic E-state index is 12.2. The third-order valence-electron chi connectivity index (χ3n) is 2.93. The Kier molecular flexibility index (Phi) is 4.46. The molecule has 4 heteroatoms. The molecule has 1 aromatic heterocycles. The molecule has 0 aliphatic heterocycles. The molecule has 0 aliphatic rings. The van der Waals surface area contributed by atoms with Crippen LogP contribution in [0.1, 0.15) is 41.7 Å². The molecule has 0 saturated carbocycles. The molecule has 0 aromatic carbocycles. The highest BCUT2D eigenvalue weighted by Gasteiger charge is 2.27. The average Bonchev–Trinajstić information content (AvgIpc) is 2.76. The Labute approximate surface area is 106 Å². The van der Waals surface area contributed by atoms with Crippen molar-refractivity contribution in [3.8, 4) is 0 Å². The van der Waals surface area contributed by atoms with Gasteiger partial charge in [0.15, 0.2) is 5.78 Å². The van der Waals surface area contributed by atoms with Crippen LogP contribution in [0.15, 0.2) is 12.1 Å². The number of carbonyl (C=O) groups excluding carboxylic acids is 2. The van der Waals surface area contributed by atoms with E-state index in [1.165, 1.54) is 18.4 Å². The largest absolute Gasteiger partial charge is 0.469 e. The van der Waals surface area contributed by atoms with E-state index in [0.29, 0.717) is 0 Å². The van der Waals surface area contributed by atoms with Gasteiger partial charge in [-0.2, -0.15) is 0 Å². The number of Topliss-reactive ketones (excluding diaryl/α,β-unsaturated/α-hetero) is 1. The summed E-state index contributed by atoms with van der Waals surface area (Å²) in [6.07, 6.45) is 1.04. The summed E-state index contributed by atoms with van der Waals surface area (Å²) in [5.41, 5.74) is -0.340. The topological polar surface area (TPSA) is 43.4 Å². The van der Waals surface area contributed by atoms with Crippen LogP contribution >= 0.6 is 11.3 Å². The van der Waals surface area contributed by atoms with Crippen LogP contribution < -0.4 is 0 Å². The van der Waals surface area contributed by atoms with Crippen LogP contribution in [0.5, 0.6) is 0 Å². The first-order valence-electron chi connectivity index (χ1n) is 5.61. The summed E-state index contributed by atoms with van der Waals surface area (Å²) < 4.78 is 4.60. The van der Waals surface area contributed by atoms with Crippen molar-refractivity contribution in [1.82, 2.24) is 0 Å². The molecule has 0 aliphatic carbocycles. The van der Waals surface area contributed by atoms with Gasteiger partial charge >= 0.3 is 5.97 Å². The zero-order valence-electron chi connectivity index (χ0n) is 10.7.